The fourth-order valence-electron chi connectivity index (χ4n) is 3.51. The molecule has 0 saturated carbocycles. The minimum absolute atomic E-state index is 0.572. The molecule has 146 valence electrons. The van der Waals surface area contributed by atoms with Crippen LogP contribution in [0.1, 0.15) is 123 Å². The van der Waals surface area contributed by atoms with Crippen LogP contribution in [-0.4, -0.2) is 4.57 Å². The lowest BCUT2D eigenvalue weighted by molar-refractivity contribution is -0.697. The molecule has 2 nitrogen and oxygen atoms in total. The molecular weight excluding hydrogens is 304 g/mol. The van der Waals surface area contributed by atoms with Gasteiger partial charge >= 0.3 is 0 Å². The predicted molar refractivity (Wildman–Crippen MR) is 110 cm³/mol. The second-order valence-electron chi connectivity index (χ2n) is 8.14. The highest BCUT2D eigenvalue weighted by atomic mass is 15.1. The fraction of sp³-hybridized carbons (Fsp3) is 0.870. The van der Waals surface area contributed by atoms with E-state index in [1.807, 2.05) is 0 Å². The van der Waals surface area contributed by atoms with E-state index in [2.05, 4.69) is 48.6 Å². The Balaban J connectivity index is 1.78. The molecule has 0 aliphatic heterocycles. The minimum atomic E-state index is 0.572. The molecule has 0 spiro atoms. The van der Waals surface area contributed by atoms with Crippen molar-refractivity contribution in [3.8, 4) is 0 Å². The van der Waals surface area contributed by atoms with E-state index in [1.165, 1.54) is 103 Å². The molecule has 25 heavy (non-hydrogen) atoms. The average Bonchev–Trinajstić information content (AvgIpc) is 3.07. The lowest BCUT2D eigenvalue weighted by atomic mass is 10.0. The topological polar surface area (TPSA) is 8.81 Å². The molecule has 1 aromatic rings. The first-order chi connectivity index (χ1) is 12.2. The monoisotopic (exact) mass is 349 g/mol. The molecule has 0 amide bonds. The average molecular weight is 350 g/mol. The Bertz CT molecular complexity index is 395. The molecule has 0 radical (unpaired) electrons. The molecule has 1 rings (SSSR count). The number of unbranched alkanes of at least 4 members (excludes halogenated alkanes) is 14. The first kappa shape index (κ1) is 22.3. The molecule has 0 atom stereocenters. The number of hydrogen-bond donors (Lipinski definition) is 0. The molecule has 1 heterocycles. The van der Waals surface area contributed by atoms with Crippen LogP contribution in [0.2, 0.25) is 0 Å². The summed E-state index contributed by atoms with van der Waals surface area (Å²) >= 11 is 0. The standard InChI is InChI=1S/C23H45N2/c1-4-5-6-7-8-9-10-11-12-13-14-15-16-17-18-19-24-20-21-25(22-24)23(2)3/h20-23H,4-19H2,1-3H3/q+1. The molecule has 0 N–H and O–H groups in total. The van der Waals surface area contributed by atoms with Crippen molar-refractivity contribution < 1.29 is 4.57 Å². The van der Waals surface area contributed by atoms with Crippen molar-refractivity contribution in [3.05, 3.63) is 18.7 Å². The van der Waals surface area contributed by atoms with Crippen LogP contribution < -0.4 is 4.57 Å². The summed E-state index contributed by atoms with van der Waals surface area (Å²) in [4.78, 5) is 0. The van der Waals surface area contributed by atoms with Crippen molar-refractivity contribution in [2.45, 2.75) is 130 Å². The zero-order valence-electron chi connectivity index (χ0n) is 17.5. The van der Waals surface area contributed by atoms with Crippen molar-refractivity contribution >= 4 is 0 Å². The van der Waals surface area contributed by atoms with Crippen molar-refractivity contribution in [3.63, 3.8) is 0 Å². The second-order valence-corrected chi connectivity index (χ2v) is 8.14. The normalized spacial score (nSPS) is 11.5. The highest BCUT2D eigenvalue weighted by molar-refractivity contribution is 4.69. The van der Waals surface area contributed by atoms with Gasteiger partial charge in [-0.1, -0.05) is 90.4 Å². The van der Waals surface area contributed by atoms with Crippen LogP contribution in [0.5, 0.6) is 0 Å². The van der Waals surface area contributed by atoms with Gasteiger partial charge < -0.3 is 0 Å². The van der Waals surface area contributed by atoms with Gasteiger partial charge in [0.05, 0.1) is 12.6 Å². The van der Waals surface area contributed by atoms with Crippen molar-refractivity contribution in [1.29, 1.82) is 0 Å². The Hall–Kier alpha value is -0.790. The minimum Gasteiger partial charge on any atom is -0.237 e. The van der Waals surface area contributed by atoms with E-state index < -0.39 is 0 Å². The largest absolute Gasteiger partial charge is 0.243 e. The quantitative estimate of drug-likeness (QED) is 0.207. The van der Waals surface area contributed by atoms with Gasteiger partial charge in [0, 0.05) is 0 Å². The second kappa shape index (κ2) is 15.5. The third kappa shape index (κ3) is 12.2. The Labute approximate surface area is 158 Å². The molecule has 0 unspecified atom stereocenters. The molecule has 0 aliphatic carbocycles. The summed E-state index contributed by atoms with van der Waals surface area (Å²) in [6, 6.07) is 0.572. The summed E-state index contributed by atoms with van der Waals surface area (Å²) in [5, 5.41) is 0. The van der Waals surface area contributed by atoms with Crippen LogP contribution in [-0.2, 0) is 6.54 Å². The molecule has 0 aromatic carbocycles. The Morgan fingerprint density at radius 3 is 1.52 bits per heavy atom. The maximum atomic E-state index is 2.34. The van der Waals surface area contributed by atoms with Gasteiger partial charge in [0.25, 0.3) is 0 Å². The van der Waals surface area contributed by atoms with Gasteiger partial charge in [-0.25, -0.2) is 9.13 Å². The van der Waals surface area contributed by atoms with Crippen molar-refractivity contribution in [2.24, 2.45) is 0 Å². The van der Waals surface area contributed by atoms with Crippen molar-refractivity contribution in [1.82, 2.24) is 4.57 Å². The van der Waals surface area contributed by atoms with E-state index >= 15 is 0 Å². The molecule has 2 heteroatoms. The van der Waals surface area contributed by atoms with Crippen LogP contribution in [0.3, 0.4) is 0 Å². The number of aryl methyl sites for hydroxylation is 1. The summed E-state index contributed by atoms with van der Waals surface area (Å²) in [6.07, 6.45) is 28.2. The van der Waals surface area contributed by atoms with Gasteiger partial charge in [-0.15, -0.1) is 0 Å². The third-order valence-corrected chi connectivity index (χ3v) is 5.33. The molecule has 0 fully saturated rings. The van der Waals surface area contributed by atoms with Gasteiger partial charge in [-0.3, -0.25) is 0 Å². The lowest BCUT2D eigenvalue weighted by Gasteiger charge is -2.03. The smallest absolute Gasteiger partial charge is 0.237 e. The first-order valence-electron chi connectivity index (χ1n) is 11.3. The lowest BCUT2D eigenvalue weighted by Crippen LogP contribution is -2.31. The van der Waals surface area contributed by atoms with Crippen LogP contribution in [0.25, 0.3) is 0 Å². The van der Waals surface area contributed by atoms with Crippen LogP contribution in [0, 0.1) is 0 Å². The number of hydrogen-bond acceptors (Lipinski definition) is 0. The SMILES string of the molecule is CCCCCCCCCCCCCCCCC[n+]1ccn(C(C)C)c1. The zero-order chi connectivity index (χ0) is 18.2. The number of aromatic nitrogens is 2. The van der Waals surface area contributed by atoms with E-state index in [4.69, 9.17) is 0 Å². The fourth-order valence-corrected chi connectivity index (χ4v) is 3.51. The van der Waals surface area contributed by atoms with Crippen LogP contribution >= 0.6 is 0 Å². The van der Waals surface area contributed by atoms with Gasteiger partial charge in [-0.05, 0) is 26.7 Å². The highest BCUT2D eigenvalue weighted by Gasteiger charge is 2.06. The van der Waals surface area contributed by atoms with Gasteiger partial charge in [0.15, 0.2) is 0 Å². The van der Waals surface area contributed by atoms with Gasteiger partial charge in [-0.2, -0.15) is 0 Å². The van der Waals surface area contributed by atoms with Gasteiger partial charge in [0.2, 0.25) is 6.33 Å². The Morgan fingerprint density at radius 2 is 1.12 bits per heavy atom. The van der Waals surface area contributed by atoms with Gasteiger partial charge in [0.1, 0.15) is 12.4 Å². The van der Waals surface area contributed by atoms with E-state index in [-0.39, 0.29) is 0 Å². The van der Waals surface area contributed by atoms with E-state index in [9.17, 15) is 0 Å². The number of imidazole rings is 1. The summed E-state index contributed by atoms with van der Waals surface area (Å²) in [5.74, 6) is 0. The molecular formula is C23H45N2+. The van der Waals surface area contributed by atoms with E-state index in [1.54, 1.807) is 0 Å². The first-order valence-corrected chi connectivity index (χ1v) is 11.3. The molecule has 0 bridgehead atoms. The molecule has 0 saturated heterocycles. The van der Waals surface area contributed by atoms with E-state index in [0.29, 0.717) is 6.04 Å². The van der Waals surface area contributed by atoms with Crippen molar-refractivity contribution in [2.75, 3.05) is 0 Å². The summed E-state index contributed by atoms with van der Waals surface area (Å²) in [7, 11) is 0. The maximum Gasteiger partial charge on any atom is 0.243 e. The zero-order valence-corrected chi connectivity index (χ0v) is 17.5. The highest BCUT2D eigenvalue weighted by Crippen LogP contribution is 2.13. The Kier molecular flexibility index (Phi) is 13.8. The summed E-state index contributed by atoms with van der Waals surface area (Å²) < 4.78 is 4.62. The van der Waals surface area contributed by atoms with E-state index in [0.717, 1.165) is 0 Å². The summed E-state index contributed by atoms with van der Waals surface area (Å²) in [6.45, 7) is 7.94. The third-order valence-electron chi connectivity index (χ3n) is 5.33. The summed E-state index contributed by atoms with van der Waals surface area (Å²) in [5.41, 5.74) is 0. The number of nitrogens with zero attached hydrogens (tertiary/aromatic N) is 2. The van der Waals surface area contributed by atoms with Crippen LogP contribution in [0.4, 0.5) is 0 Å². The molecule has 0 aliphatic rings. The number of rotatable bonds is 17. The Morgan fingerprint density at radius 1 is 0.680 bits per heavy atom. The molecule has 1 aromatic heterocycles. The predicted octanol–water partition coefficient (Wildman–Crippen LogP) is 7.23. The van der Waals surface area contributed by atoms with Crippen LogP contribution in [0.15, 0.2) is 18.7 Å². The maximum absolute atomic E-state index is 2.34.